The number of aliphatic carboxylic acids is 1. The molecule has 2 aromatic carbocycles. The summed E-state index contributed by atoms with van der Waals surface area (Å²) in [5.74, 6) is -0.947. The lowest BCUT2D eigenvalue weighted by atomic mass is 9.92. The van der Waals surface area contributed by atoms with Gasteiger partial charge in [0.05, 0.1) is 11.6 Å². The number of nitrogens with one attached hydrogen (secondary N) is 1. The Morgan fingerprint density at radius 1 is 1.03 bits per heavy atom. The summed E-state index contributed by atoms with van der Waals surface area (Å²) in [5, 5.41) is 22.1. The topological polar surface area (TPSA) is 82.5 Å². The molecule has 0 aliphatic carbocycles. The number of rotatable bonds is 6. The Morgan fingerprint density at radius 2 is 1.70 bits per heavy atom. The van der Waals surface area contributed by atoms with Gasteiger partial charge in [-0.3, -0.25) is 4.98 Å². The maximum absolute atomic E-state index is 11.8. The molecule has 0 spiro atoms. The molecule has 0 saturated heterocycles. The van der Waals surface area contributed by atoms with Crippen LogP contribution < -0.4 is 5.32 Å². The zero-order chi connectivity index (χ0) is 21.1. The van der Waals surface area contributed by atoms with Gasteiger partial charge in [0, 0.05) is 29.7 Å². The Hall–Kier alpha value is -3.44. The third kappa shape index (κ3) is 3.98. The minimum absolute atomic E-state index is 0.205. The van der Waals surface area contributed by atoms with Crippen LogP contribution in [0, 0.1) is 6.92 Å². The molecule has 2 heterocycles. The highest BCUT2D eigenvalue weighted by atomic mass is 16.4. The molecule has 5 nitrogen and oxygen atoms in total. The summed E-state index contributed by atoms with van der Waals surface area (Å²) in [6.45, 7) is 2.03. The summed E-state index contributed by atoms with van der Waals surface area (Å²) in [7, 11) is 0. The smallest absolute Gasteiger partial charge is 0.336 e. The van der Waals surface area contributed by atoms with Crippen LogP contribution in [-0.4, -0.2) is 27.8 Å². The number of nitrogens with zero attached hydrogens (tertiary/aromatic N) is 1. The molecule has 1 aromatic heterocycles. The van der Waals surface area contributed by atoms with Crippen molar-refractivity contribution in [3.05, 3.63) is 89.3 Å². The number of aliphatic hydroxyl groups is 1. The summed E-state index contributed by atoms with van der Waals surface area (Å²) >= 11 is 0. The SMILES string of the molecule is Cc1nccc2c1C(C(=O)O)=CC(c1ccc(-c3ccc(CCCO)cc3)cc1)N2. The minimum Gasteiger partial charge on any atom is -0.478 e. The zero-order valence-electron chi connectivity index (χ0n) is 16.8. The molecule has 0 fully saturated rings. The molecule has 1 unspecified atom stereocenters. The van der Waals surface area contributed by atoms with Gasteiger partial charge in [-0.2, -0.15) is 0 Å². The van der Waals surface area contributed by atoms with Gasteiger partial charge >= 0.3 is 5.97 Å². The van der Waals surface area contributed by atoms with Crippen molar-refractivity contribution in [3.63, 3.8) is 0 Å². The lowest BCUT2D eigenvalue weighted by molar-refractivity contribution is -0.130. The Morgan fingerprint density at radius 3 is 2.33 bits per heavy atom. The second-order valence-corrected chi connectivity index (χ2v) is 7.47. The zero-order valence-corrected chi connectivity index (χ0v) is 16.8. The molecule has 30 heavy (non-hydrogen) atoms. The summed E-state index contributed by atoms with van der Waals surface area (Å²) < 4.78 is 0. The van der Waals surface area contributed by atoms with Crippen molar-refractivity contribution in [2.24, 2.45) is 0 Å². The van der Waals surface area contributed by atoms with Gasteiger partial charge in [0.15, 0.2) is 0 Å². The highest BCUT2D eigenvalue weighted by Crippen LogP contribution is 2.37. The predicted octanol–water partition coefficient (Wildman–Crippen LogP) is 4.62. The molecule has 5 heteroatoms. The van der Waals surface area contributed by atoms with E-state index < -0.39 is 5.97 Å². The monoisotopic (exact) mass is 400 g/mol. The van der Waals surface area contributed by atoms with Crippen LogP contribution in [0.1, 0.15) is 34.8 Å². The maximum atomic E-state index is 11.8. The maximum Gasteiger partial charge on any atom is 0.336 e. The molecule has 3 N–H and O–H groups in total. The normalized spacial score (nSPS) is 15.1. The summed E-state index contributed by atoms with van der Waals surface area (Å²) in [5.41, 5.74) is 6.86. The molecular weight excluding hydrogens is 376 g/mol. The molecular formula is C25H24N2O3. The predicted molar refractivity (Wildman–Crippen MR) is 118 cm³/mol. The van der Waals surface area contributed by atoms with Gasteiger partial charge in [0.2, 0.25) is 0 Å². The molecule has 0 bridgehead atoms. The van der Waals surface area contributed by atoms with Crippen molar-refractivity contribution in [2.45, 2.75) is 25.8 Å². The van der Waals surface area contributed by atoms with Crippen molar-refractivity contribution in [3.8, 4) is 11.1 Å². The van der Waals surface area contributed by atoms with Gasteiger partial charge in [-0.1, -0.05) is 48.5 Å². The van der Waals surface area contributed by atoms with Crippen LogP contribution in [-0.2, 0) is 11.2 Å². The van der Waals surface area contributed by atoms with Crippen LogP contribution in [0.4, 0.5) is 5.69 Å². The molecule has 1 aliphatic heterocycles. The van der Waals surface area contributed by atoms with E-state index in [4.69, 9.17) is 5.11 Å². The minimum atomic E-state index is -0.947. The second-order valence-electron chi connectivity index (χ2n) is 7.47. The number of aromatic nitrogens is 1. The van der Waals surface area contributed by atoms with Gasteiger partial charge in [-0.15, -0.1) is 0 Å². The van der Waals surface area contributed by atoms with E-state index >= 15 is 0 Å². The van der Waals surface area contributed by atoms with E-state index in [0.29, 0.717) is 11.3 Å². The molecule has 3 aromatic rings. The Balaban J connectivity index is 1.59. The van der Waals surface area contributed by atoms with E-state index in [1.807, 2.05) is 25.1 Å². The first-order valence-electron chi connectivity index (χ1n) is 10.0. The van der Waals surface area contributed by atoms with Crippen LogP contribution in [0.15, 0.2) is 66.9 Å². The number of aliphatic hydroxyl groups excluding tert-OH is 1. The van der Waals surface area contributed by atoms with Gasteiger partial charge in [-0.25, -0.2) is 4.79 Å². The molecule has 0 saturated carbocycles. The fraction of sp³-hybridized carbons (Fsp3) is 0.200. The van der Waals surface area contributed by atoms with E-state index in [-0.39, 0.29) is 18.2 Å². The van der Waals surface area contributed by atoms with Crippen molar-refractivity contribution in [1.29, 1.82) is 0 Å². The quantitative estimate of drug-likeness (QED) is 0.563. The van der Waals surface area contributed by atoms with Gasteiger partial charge in [0.25, 0.3) is 0 Å². The number of fused-ring (bicyclic) bond motifs is 1. The van der Waals surface area contributed by atoms with Gasteiger partial charge < -0.3 is 15.5 Å². The lowest BCUT2D eigenvalue weighted by Gasteiger charge is -2.26. The lowest BCUT2D eigenvalue weighted by Crippen LogP contribution is -2.18. The largest absolute Gasteiger partial charge is 0.478 e. The third-order valence-corrected chi connectivity index (χ3v) is 5.47. The molecule has 0 amide bonds. The number of aryl methyl sites for hydroxylation is 2. The number of carbonyl (C=O) groups is 1. The second kappa shape index (κ2) is 8.51. The van der Waals surface area contributed by atoms with Crippen molar-refractivity contribution >= 4 is 17.2 Å². The third-order valence-electron chi connectivity index (χ3n) is 5.47. The Bertz CT molecular complexity index is 1090. The average Bonchev–Trinajstić information content (AvgIpc) is 2.77. The van der Waals surface area contributed by atoms with Crippen molar-refractivity contribution in [2.75, 3.05) is 11.9 Å². The average molecular weight is 400 g/mol. The molecule has 1 atom stereocenters. The van der Waals surface area contributed by atoms with Crippen molar-refractivity contribution < 1.29 is 15.0 Å². The highest BCUT2D eigenvalue weighted by molar-refractivity contribution is 6.18. The number of carboxylic acid groups (broad SMARTS) is 1. The number of hydrogen-bond acceptors (Lipinski definition) is 4. The summed E-state index contributed by atoms with van der Waals surface area (Å²) in [6, 6.07) is 18.1. The van der Waals surface area contributed by atoms with Gasteiger partial charge in [0.1, 0.15) is 0 Å². The summed E-state index contributed by atoms with van der Waals surface area (Å²) in [4.78, 5) is 16.1. The van der Waals surface area contributed by atoms with Crippen molar-refractivity contribution in [1.82, 2.24) is 4.98 Å². The van der Waals surface area contributed by atoms with Gasteiger partial charge in [-0.05, 0) is 54.2 Å². The first-order valence-corrected chi connectivity index (χ1v) is 10.0. The van der Waals surface area contributed by atoms with Crippen LogP contribution in [0.5, 0.6) is 0 Å². The number of hydrogen-bond donors (Lipinski definition) is 3. The molecule has 0 radical (unpaired) electrons. The van der Waals surface area contributed by atoms with E-state index in [1.54, 1.807) is 12.3 Å². The van der Waals surface area contributed by atoms with Crippen LogP contribution in [0.3, 0.4) is 0 Å². The highest BCUT2D eigenvalue weighted by Gasteiger charge is 2.25. The molecule has 152 valence electrons. The first-order chi connectivity index (χ1) is 14.6. The Kier molecular flexibility index (Phi) is 5.63. The number of pyridine rings is 1. The Labute approximate surface area is 175 Å². The van der Waals surface area contributed by atoms with E-state index in [9.17, 15) is 9.90 Å². The molecule has 4 rings (SSSR count). The van der Waals surface area contributed by atoms with E-state index in [1.165, 1.54) is 5.56 Å². The fourth-order valence-corrected chi connectivity index (χ4v) is 3.87. The summed E-state index contributed by atoms with van der Waals surface area (Å²) in [6.07, 6.45) is 5.09. The first kappa shape index (κ1) is 19.9. The fourth-order valence-electron chi connectivity index (χ4n) is 3.87. The van der Waals surface area contributed by atoms with Crippen LogP contribution in [0.2, 0.25) is 0 Å². The standard InChI is InChI=1S/C25H24N2O3/c1-16-24-21(25(29)30)15-23(27-22(24)12-13-26-16)20-10-8-19(9-11-20)18-6-4-17(5-7-18)3-2-14-28/h4-13,15,23,27-28H,2-3,14H2,1H3,(H,29,30). The van der Waals surface area contributed by atoms with Crippen LogP contribution >= 0.6 is 0 Å². The van der Waals surface area contributed by atoms with E-state index in [0.717, 1.165) is 35.2 Å². The molecule has 1 aliphatic rings. The van der Waals surface area contributed by atoms with Crippen LogP contribution in [0.25, 0.3) is 16.7 Å². The number of benzene rings is 2. The number of anilines is 1. The number of carboxylic acids is 1. The van der Waals surface area contributed by atoms with E-state index in [2.05, 4.69) is 46.7 Å².